The van der Waals surface area contributed by atoms with Gasteiger partial charge in [0.1, 0.15) is 6.54 Å². The summed E-state index contributed by atoms with van der Waals surface area (Å²) in [5.41, 5.74) is 1.48. The molecule has 0 spiro atoms. The number of hydrogen-bond donors (Lipinski definition) is 1. The molecule has 8 nitrogen and oxygen atoms in total. The van der Waals surface area contributed by atoms with E-state index in [1.165, 1.54) is 21.3 Å². The molecule has 1 saturated heterocycles. The molecular weight excluding hydrogens is 422 g/mol. The molecule has 2 aromatic rings. The van der Waals surface area contributed by atoms with Crippen molar-refractivity contribution in [3.8, 4) is 17.2 Å². The highest BCUT2D eigenvalue weighted by Crippen LogP contribution is 2.38. The first-order chi connectivity index (χ1) is 16.0. The van der Waals surface area contributed by atoms with Crippen molar-refractivity contribution in [2.75, 3.05) is 60.6 Å². The van der Waals surface area contributed by atoms with Gasteiger partial charge in [0, 0.05) is 38.3 Å². The largest absolute Gasteiger partial charge is 0.493 e. The van der Waals surface area contributed by atoms with Gasteiger partial charge in [0.2, 0.25) is 11.7 Å². The van der Waals surface area contributed by atoms with Gasteiger partial charge in [-0.1, -0.05) is 37.3 Å². The van der Waals surface area contributed by atoms with Crippen LogP contribution in [-0.4, -0.2) is 82.2 Å². The SMILES string of the molecule is COc1cc(C(=O)N(CC(=O)N2CCNCC2)C[C@@H](C)c2ccccc2)cc(OC)c1OC. The van der Waals surface area contributed by atoms with Crippen LogP contribution in [0.15, 0.2) is 42.5 Å². The Morgan fingerprint density at radius 3 is 2.15 bits per heavy atom. The fourth-order valence-corrected chi connectivity index (χ4v) is 4.00. The highest BCUT2D eigenvalue weighted by Gasteiger charge is 2.27. The number of carbonyl (C=O) groups is 2. The van der Waals surface area contributed by atoms with Crippen molar-refractivity contribution in [3.63, 3.8) is 0 Å². The van der Waals surface area contributed by atoms with Crippen LogP contribution in [0.2, 0.25) is 0 Å². The molecule has 1 aliphatic heterocycles. The van der Waals surface area contributed by atoms with Crippen LogP contribution >= 0.6 is 0 Å². The van der Waals surface area contributed by atoms with E-state index in [4.69, 9.17) is 14.2 Å². The average Bonchev–Trinajstić information content (AvgIpc) is 2.87. The fraction of sp³-hybridized carbons (Fsp3) is 0.440. The molecule has 0 unspecified atom stereocenters. The maximum atomic E-state index is 13.7. The van der Waals surface area contributed by atoms with Crippen LogP contribution in [0.3, 0.4) is 0 Å². The van der Waals surface area contributed by atoms with Gasteiger partial charge in [-0.3, -0.25) is 9.59 Å². The van der Waals surface area contributed by atoms with Gasteiger partial charge in [0.05, 0.1) is 21.3 Å². The zero-order valence-electron chi connectivity index (χ0n) is 19.8. The van der Waals surface area contributed by atoms with Gasteiger partial charge in [-0.05, 0) is 23.6 Å². The maximum absolute atomic E-state index is 13.7. The summed E-state index contributed by atoms with van der Waals surface area (Å²) in [5.74, 6) is 0.929. The topological polar surface area (TPSA) is 80.3 Å². The quantitative estimate of drug-likeness (QED) is 0.626. The number of ether oxygens (including phenoxy) is 3. The summed E-state index contributed by atoms with van der Waals surface area (Å²) >= 11 is 0. The molecular formula is C25H33N3O5. The Hall–Kier alpha value is -3.26. The molecule has 178 valence electrons. The van der Waals surface area contributed by atoms with Gasteiger partial charge in [0.15, 0.2) is 11.5 Å². The summed E-state index contributed by atoms with van der Waals surface area (Å²) in [5, 5.41) is 3.25. The van der Waals surface area contributed by atoms with Crippen molar-refractivity contribution in [3.05, 3.63) is 53.6 Å². The lowest BCUT2D eigenvalue weighted by atomic mass is 10.00. The van der Waals surface area contributed by atoms with E-state index in [1.807, 2.05) is 30.3 Å². The molecule has 0 aromatic heterocycles. The normalized spacial score (nSPS) is 14.4. The van der Waals surface area contributed by atoms with Crippen molar-refractivity contribution >= 4 is 11.8 Å². The first kappa shape index (κ1) is 24.4. The fourth-order valence-electron chi connectivity index (χ4n) is 4.00. The maximum Gasteiger partial charge on any atom is 0.254 e. The van der Waals surface area contributed by atoms with Gasteiger partial charge in [-0.15, -0.1) is 0 Å². The molecule has 0 saturated carbocycles. The van der Waals surface area contributed by atoms with Crippen molar-refractivity contribution in [1.82, 2.24) is 15.1 Å². The molecule has 1 fully saturated rings. The molecule has 3 rings (SSSR count). The van der Waals surface area contributed by atoms with Gasteiger partial charge in [0.25, 0.3) is 5.91 Å². The monoisotopic (exact) mass is 455 g/mol. The lowest BCUT2D eigenvalue weighted by molar-refractivity contribution is -0.132. The van der Waals surface area contributed by atoms with Crippen LogP contribution in [0.4, 0.5) is 0 Å². The van der Waals surface area contributed by atoms with Crippen LogP contribution in [0.5, 0.6) is 17.2 Å². The van der Waals surface area contributed by atoms with E-state index in [1.54, 1.807) is 21.9 Å². The predicted molar refractivity (Wildman–Crippen MR) is 126 cm³/mol. The highest BCUT2D eigenvalue weighted by molar-refractivity contribution is 5.97. The van der Waals surface area contributed by atoms with Crippen LogP contribution in [-0.2, 0) is 4.79 Å². The van der Waals surface area contributed by atoms with Crippen LogP contribution in [0.1, 0.15) is 28.8 Å². The lowest BCUT2D eigenvalue weighted by Gasteiger charge is -2.32. The number of nitrogens with one attached hydrogen (secondary N) is 1. The first-order valence-electron chi connectivity index (χ1n) is 11.1. The predicted octanol–water partition coefficient (Wildman–Crippen LogP) is 2.39. The van der Waals surface area contributed by atoms with E-state index in [2.05, 4.69) is 12.2 Å². The van der Waals surface area contributed by atoms with Crippen LogP contribution in [0, 0.1) is 0 Å². The number of nitrogens with zero attached hydrogens (tertiary/aromatic N) is 2. The minimum absolute atomic E-state index is 0.00661. The number of carbonyl (C=O) groups excluding carboxylic acids is 2. The number of piperazine rings is 1. The Bertz CT molecular complexity index is 919. The molecule has 1 heterocycles. The second-order valence-electron chi connectivity index (χ2n) is 8.04. The number of rotatable bonds is 9. The smallest absolute Gasteiger partial charge is 0.254 e. The zero-order chi connectivity index (χ0) is 23.8. The Morgan fingerprint density at radius 1 is 1.00 bits per heavy atom. The van der Waals surface area contributed by atoms with E-state index in [0.717, 1.165) is 18.7 Å². The highest BCUT2D eigenvalue weighted by atomic mass is 16.5. The zero-order valence-corrected chi connectivity index (χ0v) is 19.8. The van der Waals surface area contributed by atoms with E-state index >= 15 is 0 Å². The minimum atomic E-state index is -0.263. The number of benzene rings is 2. The van der Waals surface area contributed by atoms with Gasteiger partial charge in [-0.25, -0.2) is 0 Å². The Balaban J connectivity index is 1.90. The first-order valence-corrected chi connectivity index (χ1v) is 11.1. The number of amides is 2. The van der Waals surface area contributed by atoms with Crippen molar-refractivity contribution in [1.29, 1.82) is 0 Å². The molecule has 33 heavy (non-hydrogen) atoms. The third kappa shape index (κ3) is 5.96. The summed E-state index contributed by atoms with van der Waals surface area (Å²) in [6, 6.07) is 13.2. The Labute approximate surface area is 195 Å². The van der Waals surface area contributed by atoms with Crippen LogP contribution in [0.25, 0.3) is 0 Å². The number of methoxy groups -OCH3 is 3. The molecule has 8 heteroatoms. The van der Waals surface area contributed by atoms with Gasteiger partial charge >= 0.3 is 0 Å². The van der Waals surface area contributed by atoms with Crippen molar-refractivity contribution in [2.24, 2.45) is 0 Å². The summed E-state index contributed by atoms with van der Waals surface area (Å²) in [4.78, 5) is 30.1. The molecule has 0 bridgehead atoms. The third-order valence-electron chi connectivity index (χ3n) is 5.86. The summed E-state index contributed by atoms with van der Waals surface area (Å²) in [6.45, 7) is 5.25. The Kier molecular flexibility index (Phi) is 8.54. The number of hydrogen-bond acceptors (Lipinski definition) is 6. The third-order valence-corrected chi connectivity index (χ3v) is 5.86. The Morgan fingerprint density at radius 2 is 1.61 bits per heavy atom. The van der Waals surface area contributed by atoms with E-state index in [0.29, 0.717) is 42.4 Å². The summed E-state index contributed by atoms with van der Waals surface area (Å²) in [6.07, 6.45) is 0. The standard InChI is InChI=1S/C25H33N3O5/c1-18(19-8-6-5-7-9-19)16-28(17-23(29)27-12-10-26-11-13-27)25(30)20-14-21(31-2)24(33-4)22(15-20)32-3/h5-9,14-15,18,26H,10-13,16-17H2,1-4H3/t18-/m1/s1. The van der Waals surface area contributed by atoms with E-state index in [9.17, 15) is 9.59 Å². The van der Waals surface area contributed by atoms with Gasteiger partial charge < -0.3 is 29.3 Å². The molecule has 1 N–H and O–H groups in total. The van der Waals surface area contributed by atoms with Crippen molar-refractivity contribution in [2.45, 2.75) is 12.8 Å². The second kappa shape index (κ2) is 11.6. The molecule has 1 aliphatic rings. The van der Waals surface area contributed by atoms with E-state index < -0.39 is 0 Å². The molecule has 1 atom stereocenters. The van der Waals surface area contributed by atoms with Crippen molar-refractivity contribution < 1.29 is 23.8 Å². The summed E-state index contributed by atoms with van der Waals surface area (Å²) < 4.78 is 16.2. The minimum Gasteiger partial charge on any atom is -0.493 e. The molecule has 2 amide bonds. The molecule has 2 aromatic carbocycles. The van der Waals surface area contributed by atoms with Crippen LogP contribution < -0.4 is 19.5 Å². The average molecular weight is 456 g/mol. The van der Waals surface area contributed by atoms with E-state index in [-0.39, 0.29) is 24.3 Å². The summed E-state index contributed by atoms with van der Waals surface area (Å²) in [7, 11) is 4.53. The lowest BCUT2D eigenvalue weighted by Crippen LogP contribution is -2.50. The molecule has 0 aliphatic carbocycles. The second-order valence-corrected chi connectivity index (χ2v) is 8.04. The molecule has 0 radical (unpaired) electrons. The van der Waals surface area contributed by atoms with Gasteiger partial charge in [-0.2, -0.15) is 0 Å².